The summed E-state index contributed by atoms with van der Waals surface area (Å²) < 4.78 is 1.94. The van der Waals surface area contributed by atoms with Gasteiger partial charge in [0.05, 0.1) is 5.92 Å². The summed E-state index contributed by atoms with van der Waals surface area (Å²) in [4.78, 5) is 14.2. The number of halogens is 2. The number of hydrogen-bond acceptors (Lipinski definition) is 2. The highest BCUT2D eigenvalue weighted by Crippen LogP contribution is 2.59. The minimum atomic E-state index is -1.31. The molecule has 1 saturated carbocycles. The van der Waals surface area contributed by atoms with Gasteiger partial charge in [-0.1, -0.05) is 117 Å². The van der Waals surface area contributed by atoms with Crippen LogP contribution in [0.2, 0.25) is 0 Å². The smallest absolute Gasteiger partial charge is 0.169 e. The predicted molar refractivity (Wildman–Crippen MR) is 143 cm³/mol. The van der Waals surface area contributed by atoms with Crippen LogP contribution in [0.15, 0.2) is 118 Å². The first-order valence-electron chi connectivity index (χ1n) is 11.4. The molecule has 0 aromatic heterocycles. The lowest BCUT2D eigenvalue weighted by atomic mass is 9.73. The Morgan fingerprint density at radius 3 is 1.91 bits per heavy atom. The van der Waals surface area contributed by atoms with Crippen LogP contribution >= 0.6 is 31.9 Å². The third-order valence-corrected chi connectivity index (χ3v) is 7.95. The maximum absolute atomic E-state index is 14.2. The van der Waals surface area contributed by atoms with Gasteiger partial charge in [0.15, 0.2) is 5.78 Å². The number of Topliss-reactive ketones (excluding diaryl/α,β-unsaturated/α-hetero) is 1. The second-order valence-electron chi connectivity index (χ2n) is 8.94. The van der Waals surface area contributed by atoms with Crippen LogP contribution in [0.4, 0.5) is 0 Å². The zero-order valence-electron chi connectivity index (χ0n) is 18.4. The van der Waals surface area contributed by atoms with Crippen molar-refractivity contribution in [2.24, 2.45) is 5.92 Å². The van der Waals surface area contributed by atoms with Crippen LogP contribution < -0.4 is 0 Å². The molecule has 34 heavy (non-hydrogen) atoms. The van der Waals surface area contributed by atoms with Crippen LogP contribution in [0.3, 0.4) is 0 Å². The minimum Gasteiger partial charge on any atom is -0.384 e. The van der Waals surface area contributed by atoms with Gasteiger partial charge < -0.3 is 5.11 Å². The second-order valence-corrected chi connectivity index (χ2v) is 10.8. The molecule has 4 aromatic rings. The number of carbonyl (C=O) groups excluding carboxylic acids is 1. The minimum absolute atomic E-state index is 0.0329. The first kappa shape index (κ1) is 23.2. The Morgan fingerprint density at radius 1 is 0.735 bits per heavy atom. The molecule has 0 saturated heterocycles. The monoisotopic (exact) mass is 574 g/mol. The summed E-state index contributed by atoms with van der Waals surface area (Å²) in [5.41, 5.74) is 2.24. The molecule has 0 unspecified atom stereocenters. The van der Waals surface area contributed by atoms with Crippen molar-refractivity contribution in [2.75, 3.05) is 0 Å². The van der Waals surface area contributed by atoms with E-state index in [0.717, 1.165) is 25.6 Å². The zero-order chi connectivity index (χ0) is 23.7. The standard InChI is InChI=1S/C30H24Br2O2/c31-24-15-7-11-21(17-24)26-19-30(34,23-13-5-2-6-14-23)28(29(33)20-9-3-1-4-10-20)27(26)22-12-8-16-25(32)18-22/h1-18,26-28,34H,19H2/t26-,27-,28-,30+/m0/s1. The number of ketones is 1. The molecule has 0 amide bonds. The van der Waals surface area contributed by atoms with Crippen molar-refractivity contribution < 1.29 is 9.90 Å². The average molecular weight is 576 g/mol. The lowest BCUT2D eigenvalue weighted by Gasteiger charge is -2.33. The van der Waals surface area contributed by atoms with Crippen LogP contribution in [-0.4, -0.2) is 10.9 Å². The van der Waals surface area contributed by atoms with E-state index in [0.29, 0.717) is 12.0 Å². The molecule has 1 aliphatic carbocycles. The van der Waals surface area contributed by atoms with E-state index in [4.69, 9.17) is 0 Å². The summed E-state index contributed by atoms with van der Waals surface area (Å²) in [7, 11) is 0. The molecule has 5 rings (SSSR count). The molecule has 1 aliphatic rings. The van der Waals surface area contributed by atoms with Crippen molar-refractivity contribution in [1.82, 2.24) is 0 Å². The van der Waals surface area contributed by atoms with E-state index in [-0.39, 0.29) is 17.6 Å². The van der Waals surface area contributed by atoms with E-state index >= 15 is 0 Å². The fourth-order valence-electron chi connectivity index (χ4n) is 5.51. The molecule has 0 bridgehead atoms. The van der Waals surface area contributed by atoms with Crippen molar-refractivity contribution in [1.29, 1.82) is 0 Å². The summed E-state index contributed by atoms with van der Waals surface area (Å²) in [6.45, 7) is 0. The summed E-state index contributed by atoms with van der Waals surface area (Å²) in [5.74, 6) is -0.926. The molecule has 0 aliphatic heterocycles. The Morgan fingerprint density at radius 2 is 1.29 bits per heavy atom. The lowest BCUT2D eigenvalue weighted by molar-refractivity contribution is -0.000258. The van der Waals surface area contributed by atoms with E-state index in [1.807, 2.05) is 84.9 Å². The van der Waals surface area contributed by atoms with Gasteiger partial charge in [0.1, 0.15) is 5.60 Å². The zero-order valence-corrected chi connectivity index (χ0v) is 21.6. The van der Waals surface area contributed by atoms with Gasteiger partial charge in [0.2, 0.25) is 0 Å². The molecule has 4 atom stereocenters. The Hall–Kier alpha value is -2.53. The van der Waals surface area contributed by atoms with Crippen molar-refractivity contribution in [3.63, 3.8) is 0 Å². The van der Waals surface area contributed by atoms with Crippen molar-refractivity contribution in [3.05, 3.63) is 140 Å². The summed E-state index contributed by atoms with van der Waals surface area (Å²) >= 11 is 7.23. The van der Waals surface area contributed by atoms with E-state index in [9.17, 15) is 9.90 Å². The molecule has 0 spiro atoms. The van der Waals surface area contributed by atoms with Gasteiger partial charge in [-0.2, -0.15) is 0 Å². The molecule has 170 valence electrons. The summed E-state index contributed by atoms with van der Waals surface area (Å²) in [6.07, 6.45) is 0.452. The van der Waals surface area contributed by atoms with Gasteiger partial charge in [0, 0.05) is 20.4 Å². The molecule has 2 nitrogen and oxygen atoms in total. The maximum atomic E-state index is 14.2. The third kappa shape index (κ3) is 4.31. The molecule has 1 N–H and O–H groups in total. The largest absolute Gasteiger partial charge is 0.384 e. The van der Waals surface area contributed by atoms with Gasteiger partial charge >= 0.3 is 0 Å². The van der Waals surface area contributed by atoms with E-state index in [1.165, 1.54) is 0 Å². The Kier molecular flexibility index (Phi) is 6.57. The molecular formula is C30H24Br2O2. The number of benzene rings is 4. The van der Waals surface area contributed by atoms with Crippen molar-refractivity contribution in [3.8, 4) is 0 Å². The first-order chi connectivity index (χ1) is 16.5. The predicted octanol–water partition coefficient (Wildman–Crippen LogP) is 7.87. The highest BCUT2D eigenvalue weighted by molar-refractivity contribution is 9.10. The molecule has 4 aromatic carbocycles. The number of rotatable bonds is 5. The van der Waals surface area contributed by atoms with Gasteiger partial charge in [0.25, 0.3) is 0 Å². The Balaban J connectivity index is 1.75. The SMILES string of the molecule is O=C(c1ccccc1)[C@@H]1[C@@H](c2cccc(Br)c2)[C@H](c2cccc(Br)c2)C[C@@]1(O)c1ccccc1. The Bertz CT molecular complexity index is 1310. The second kappa shape index (κ2) is 9.61. The number of carbonyl (C=O) groups is 1. The summed E-state index contributed by atoms with van der Waals surface area (Å²) in [5, 5.41) is 12.4. The van der Waals surface area contributed by atoms with Gasteiger partial charge in [-0.15, -0.1) is 0 Å². The van der Waals surface area contributed by atoms with Crippen molar-refractivity contribution in [2.45, 2.75) is 23.9 Å². The van der Waals surface area contributed by atoms with Crippen molar-refractivity contribution >= 4 is 37.6 Å². The Labute approximate surface area is 216 Å². The number of hydrogen-bond donors (Lipinski definition) is 1. The molecule has 4 heteroatoms. The van der Waals surface area contributed by atoms with Gasteiger partial charge in [-0.05, 0) is 53.3 Å². The number of aliphatic hydroxyl groups is 1. The van der Waals surface area contributed by atoms with Crippen LogP contribution in [0, 0.1) is 5.92 Å². The average Bonchev–Trinajstić information content (AvgIpc) is 3.19. The topological polar surface area (TPSA) is 37.3 Å². The highest BCUT2D eigenvalue weighted by Gasteiger charge is 2.57. The van der Waals surface area contributed by atoms with Gasteiger partial charge in [-0.3, -0.25) is 4.79 Å². The quantitative estimate of drug-likeness (QED) is 0.246. The van der Waals surface area contributed by atoms with Crippen LogP contribution in [0.1, 0.15) is 45.3 Å². The van der Waals surface area contributed by atoms with Gasteiger partial charge in [-0.25, -0.2) is 0 Å². The highest BCUT2D eigenvalue weighted by atomic mass is 79.9. The normalized spacial score (nSPS) is 24.1. The van der Waals surface area contributed by atoms with Crippen LogP contribution in [0.5, 0.6) is 0 Å². The molecule has 0 radical (unpaired) electrons. The maximum Gasteiger partial charge on any atom is 0.169 e. The van der Waals surface area contributed by atoms with E-state index < -0.39 is 11.5 Å². The van der Waals surface area contributed by atoms with Crippen LogP contribution in [0.25, 0.3) is 0 Å². The van der Waals surface area contributed by atoms with E-state index in [2.05, 4.69) is 56.1 Å². The molecule has 1 fully saturated rings. The fraction of sp³-hybridized carbons (Fsp3) is 0.167. The first-order valence-corrected chi connectivity index (χ1v) is 12.9. The fourth-order valence-corrected chi connectivity index (χ4v) is 6.34. The molecular weight excluding hydrogens is 552 g/mol. The third-order valence-electron chi connectivity index (χ3n) is 6.96. The van der Waals surface area contributed by atoms with E-state index in [1.54, 1.807) is 0 Å². The summed E-state index contributed by atoms with van der Waals surface area (Å²) in [6, 6.07) is 35.4. The lowest BCUT2D eigenvalue weighted by Crippen LogP contribution is -2.38. The molecule has 0 heterocycles. The van der Waals surface area contributed by atoms with Crippen LogP contribution in [-0.2, 0) is 5.60 Å².